The maximum atomic E-state index is 12.5. The molecule has 7 nitrogen and oxygen atoms in total. The highest BCUT2D eigenvalue weighted by Crippen LogP contribution is 2.30. The number of ether oxygens (including phenoxy) is 1. The molecule has 0 bridgehead atoms. The number of hydrogen-bond acceptors (Lipinski definition) is 5. The Morgan fingerprint density at radius 1 is 1.04 bits per heavy atom. The normalized spacial score (nSPS) is 13.0. The van der Waals surface area contributed by atoms with Crippen LogP contribution in [0.15, 0.2) is 47.3 Å². The van der Waals surface area contributed by atoms with Crippen molar-refractivity contribution in [2.24, 2.45) is 0 Å². The van der Waals surface area contributed by atoms with Crippen LogP contribution in [-0.4, -0.2) is 23.5 Å². The Balaban J connectivity index is 2.05. The molecule has 0 aliphatic carbocycles. The van der Waals surface area contributed by atoms with Gasteiger partial charge in [-0.3, -0.25) is 24.3 Å². The molecule has 0 saturated heterocycles. The highest BCUT2D eigenvalue weighted by Gasteiger charge is 2.31. The van der Waals surface area contributed by atoms with Gasteiger partial charge in [-0.05, 0) is 11.5 Å². The number of methoxy groups -OCH3 is 1. The van der Waals surface area contributed by atoms with Crippen molar-refractivity contribution in [1.82, 2.24) is 9.88 Å². The minimum atomic E-state index is -0.618. The maximum absolute atomic E-state index is 12.5. The lowest BCUT2D eigenvalue weighted by molar-refractivity contribution is 0.0880. The van der Waals surface area contributed by atoms with Crippen molar-refractivity contribution in [2.45, 2.75) is 0 Å². The molecular weight excluding hydrogens is 322 g/mol. The van der Waals surface area contributed by atoms with E-state index < -0.39 is 17.4 Å². The third-order valence-electron chi connectivity index (χ3n) is 4.24. The van der Waals surface area contributed by atoms with E-state index in [2.05, 4.69) is 5.32 Å². The van der Waals surface area contributed by atoms with Crippen LogP contribution in [0.3, 0.4) is 0 Å². The second-order valence-electron chi connectivity index (χ2n) is 5.64. The van der Waals surface area contributed by atoms with E-state index in [1.165, 1.54) is 11.7 Å². The lowest BCUT2D eigenvalue weighted by Gasteiger charge is -2.14. The molecule has 0 saturated carbocycles. The summed E-state index contributed by atoms with van der Waals surface area (Å²) in [7, 11) is 1.53. The van der Waals surface area contributed by atoms with E-state index in [4.69, 9.17) is 10.5 Å². The lowest BCUT2D eigenvalue weighted by atomic mass is 10.1. The summed E-state index contributed by atoms with van der Waals surface area (Å²) in [6, 6.07) is 12.1. The number of amides is 2. The van der Waals surface area contributed by atoms with Crippen LogP contribution in [0.4, 0.5) is 5.82 Å². The molecule has 25 heavy (non-hydrogen) atoms. The number of imide groups is 1. The first kappa shape index (κ1) is 14.9. The van der Waals surface area contributed by atoms with E-state index >= 15 is 0 Å². The van der Waals surface area contributed by atoms with Crippen molar-refractivity contribution in [3.05, 3.63) is 63.9 Å². The number of nitrogen functional groups attached to an aromatic ring is 1. The third kappa shape index (κ3) is 2.09. The number of hydrogen-bond donors (Lipinski definition) is 2. The largest absolute Gasteiger partial charge is 0.496 e. The van der Waals surface area contributed by atoms with Gasteiger partial charge in [0.15, 0.2) is 0 Å². The van der Waals surface area contributed by atoms with Crippen LogP contribution in [0.1, 0.15) is 20.7 Å². The molecule has 0 unspecified atom stereocenters. The van der Waals surface area contributed by atoms with Crippen LogP contribution >= 0.6 is 0 Å². The van der Waals surface area contributed by atoms with E-state index in [0.29, 0.717) is 11.4 Å². The van der Waals surface area contributed by atoms with Gasteiger partial charge in [-0.1, -0.05) is 24.3 Å². The van der Waals surface area contributed by atoms with Crippen molar-refractivity contribution in [2.75, 3.05) is 12.8 Å². The molecular formula is C18H13N3O4. The molecule has 2 heterocycles. The summed E-state index contributed by atoms with van der Waals surface area (Å²) in [5.74, 6) is -0.741. The fraction of sp³-hybridized carbons (Fsp3) is 0.0556. The van der Waals surface area contributed by atoms with Crippen molar-refractivity contribution >= 4 is 28.4 Å². The number of nitrogens with two attached hydrogens (primary N) is 1. The molecule has 4 rings (SSSR count). The topological polar surface area (TPSA) is 103 Å². The first-order valence-corrected chi connectivity index (χ1v) is 7.49. The Labute approximate surface area is 141 Å². The number of benzene rings is 2. The van der Waals surface area contributed by atoms with Gasteiger partial charge < -0.3 is 10.5 Å². The van der Waals surface area contributed by atoms with Gasteiger partial charge in [0, 0.05) is 17.5 Å². The number of nitrogens with one attached hydrogen (secondary N) is 1. The van der Waals surface area contributed by atoms with Crippen LogP contribution in [0.2, 0.25) is 0 Å². The first-order valence-electron chi connectivity index (χ1n) is 7.49. The van der Waals surface area contributed by atoms with E-state index in [1.54, 1.807) is 12.1 Å². The first-order chi connectivity index (χ1) is 12.0. The Morgan fingerprint density at radius 3 is 2.56 bits per heavy atom. The number of nitrogens with zero attached hydrogens (tertiary/aromatic N) is 1. The van der Waals surface area contributed by atoms with Crippen LogP contribution in [-0.2, 0) is 0 Å². The predicted octanol–water partition coefficient (Wildman–Crippen LogP) is 1.47. The van der Waals surface area contributed by atoms with Crippen LogP contribution < -0.4 is 21.3 Å². The summed E-state index contributed by atoms with van der Waals surface area (Å²) in [5.41, 5.74) is 6.02. The minimum absolute atomic E-state index is 0.00324. The molecule has 0 atom stereocenters. The van der Waals surface area contributed by atoms with Gasteiger partial charge >= 0.3 is 0 Å². The van der Waals surface area contributed by atoms with Crippen molar-refractivity contribution in [1.29, 1.82) is 0 Å². The highest BCUT2D eigenvalue weighted by molar-refractivity contribution is 6.23. The number of fused-ring (bicyclic) bond motifs is 2. The number of aromatic nitrogens is 1. The van der Waals surface area contributed by atoms with Gasteiger partial charge in [0.05, 0.1) is 23.9 Å². The summed E-state index contributed by atoms with van der Waals surface area (Å²) in [6.45, 7) is 0. The smallest absolute Gasteiger partial charge is 0.262 e. The standard InChI is InChI=1S/C18H13N3O4/c1-25-13-7-10(6-9-4-2-3-5-11(9)13)21-14(22)8-12-15(16(21)19)18(24)20-17(12)23/h2-8H,19H2,1H3,(H,20,23,24). The summed E-state index contributed by atoms with van der Waals surface area (Å²) in [5, 5.41) is 3.88. The zero-order valence-electron chi connectivity index (χ0n) is 13.2. The Bertz CT molecular complexity index is 1130. The summed E-state index contributed by atoms with van der Waals surface area (Å²) in [6.07, 6.45) is 0. The molecule has 3 N–H and O–H groups in total. The van der Waals surface area contributed by atoms with Crippen LogP contribution in [0.25, 0.3) is 16.5 Å². The number of rotatable bonds is 2. The number of anilines is 1. The van der Waals surface area contributed by atoms with Crippen LogP contribution in [0.5, 0.6) is 5.75 Å². The Kier molecular flexibility index (Phi) is 3.11. The number of carbonyl (C=O) groups excluding carboxylic acids is 2. The maximum Gasteiger partial charge on any atom is 0.262 e. The molecule has 0 spiro atoms. The zero-order valence-corrected chi connectivity index (χ0v) is 13.2. The second kappa shape index (κ2) is 5.20. The van der Waals surface area contributed by atoms with Gasteiger partial charge in [0.2, 0.25) is 0 Å². The molecule has 1 aliphatic heterocycles. The van der Waals surface area contributed by atoms with E-state index in [1.807, 2.05) is 24.3 Å². The van der Waals surface area contributed by atoms with Crippen molar-refractivity contribution in [3.63, 3.8) is 0 Å². The van der Waals surface area contributed by atoms with Gasteiger partial charge in [0.25, 0.3) is 17.4 Å². The van der Waals surface area contributed by atoms with Gasteiger partial charge in [-0.15, -0.1) is 0 Å². The van der Waals surface area contributed by atoms with Gasteiger partial charge in [0.1, 0.15) is 11.6 Å². The SMILES string of the molecule is COc1cc(-n2c(N)c3c(cc2=O)C(=O)NC3=O)cc2ccccc12. The molecule has 0 fully saturated rings. The summed E-state index contributed by atoms with van der Waals surface area (Å²) < 4.78 is 6.61. The average molecular weight is 335 g/mol. The minimum Gasteiger partial charge on any atom is -0.496 e. The van der Waals surface area contributed by atoms with Crippen LogP contribution in [0, 0.1) is 0 Å². The Hall–Kier alpha value is -3.61. The quantitative estimate of drug-likeness (QED) is 0.690. The van der Waals surface area contributed by atoms with E-state index in [-0.39, 0.29) is 16.9 Å². The molecule has 7 heteroatoms. The molecule has 3 aromatic rings. The second-order valence-corrected chi connectivity index (χ2v) is 5.64. The fourth-order valence-electron chi connectivity index (χ4n) is 3.10. The summed E-state index contributed by atoms with van der Waals surface area (Å²) >= 11 is 0. The molecule has 1 aliphatic rings. The molecule has 2 amide bonds. The summed E-state index contributed by atoms with van der Waals surface area (Å²) in [4.78, 5) is 36.3. The van der Waals surface area contributed by atoms with Crippen molar-refractivity contribution < 1.29 is 14.3 Å². The third-order valence-corrected chi connectivity index (χ3v) is 4.24. The van der Waals surface area contributed by atoms with Crippen molar-refractivity contribution in [3.8, 4) is 11.4 Å². The fourth-order valence-corrected chi connectivity index (χ4v) is 3.10. The Morgan fingerprint density at radius 2 is 1.80 bits per heavy atom. The zero-order chi connectivity index (χ0) is 17.7. The number of pyridine rings is 1. The lowest BCUT2D eigenvalue weighted by Crippen LogP contribution is -2.24. The average Bonchev–Trinajstić information content (AvgIpc) is 2.88. The van der Waals surface area contributed by atoms with Gasteiger partial charge in [-0.2, -0.15) is 0 Å². The molecule has 0 radical (unpaired) electrons. The number of carbonyl (C=O) groups is 2. The monoisotopic (exact) mass is 335 g/mol. The highest BCUT2D eigenvalue weighted by atomic mass is 16.5. The molecule has 2 aromatic carbocycles. The molecule has 124 valence electrons. The van der Waals surface area contributed by atoms with E-state index in [0.717, 1.165) is 16.8 Å². The predicted molar refractivity (Wildman–Crippen MR) is 92.3 cm³/mol. The molecule has 1 aromatic heterocycles. The van der Waals surface area contributed by atoms with Gasteiger partial charge in [-0.25, -0.2) is 0 Å². The van der Waals surface area contributed by atoms with E-state index in [9.17, 15) is 14.4 Å².